The van der Waals surface area contributed by atoms with E-state index in [0.29, 0.717) is 34.9 Å². The van der Waals surface area contributed by atoms with Gasteiger partial charge in [-0.2, -0.15) is 0 Å². The second kappa shape index (κ2) is 9.11. The van der Waals surface area contributed by atoms with Crippen LogP contribution in [-0.4, -0.2) is 19.6 Å². The quantitative estimate of drug-likeness (QED) is 0.461. The molecule has 5 nitrogen and oxygen atoms in total. The molecule has 1 heterocycles. The van der Waals surface area contributed by atoms with Crippen LogP contribution in [0.5, 0.6) is 0 Å². The molecule has 0 radical (unpaired) electrons. The molecule has 2 N–H and O–H groups in total. The number of hydrogen-bond donors (Lipinski definition) is 2. The van der Waals surface area contributed by atoms with Gasteiger partial charge in [0.05, 0.1) is 10.6 Å². The fraction of sp³-hybridized carbons (Fsp3) is 0.240. The maximum Gasteiger partial charge on any atom is 0.264 e. The summed E-state index contributed by atoms with van der Waals surface area (Å²) < 4.78 is 42.0. The van der Waals surface area contributed by atoms with E-state index < -0.39 is 10.0 Å². The Balaban J connectivity index is 1.53. The maximum absolute atomic E-state index is 13.7. The van der Waals surface area contributed by atoms with E-state index in [9.17, 15) is 12.8 Å². The van der Waals surface area contributed by atoms with Crippen LogP contribution in [0.2, 0.25) is 0 Å². The highest BCUT2D eigenvalue weighted by Gasteiger charge is 2.34. The van der Waals surface area contributed by atoms with E-state index in [1.807, 2.05) is 39.0 Å². The Kier molecular flexibility index (Phi) is 6.41. The lowest BCUT2D eigenvalue weighted by atomic mass is 9.99. The summed E-state index contributed by atoms with van der Waals surface area (Å²) in [6.45, 7) is 5.88. The summed E-state index contributed by atoms with van der Waals surface area (Å²) >= 11 is 5.42. The summed E-state index contributed by atoms with van der Waals surface area (Å²) in [5, 5.41) is 6.69. The van der Waals surface area contributed by atoms with E-state index in [4.69, 9.17) is 12.2 Å². The van der Waals surface area contributed by atoms with E-state index in [1.165, 1.54) is 16.4 Å². The first kappa shape index (κ1) is 23.2. The zero-order valence-corrected chi connectivity index (χ0v) is 20.4. The van der Waals surface area contributed by atoms with Gasteiger partial charge in [0.15, 0.2) is 5.11 Å². The van der Waals surface area contributed by atoms with Gasteiger partial charge in [-0.15, -0.1) is 0 Å². The van der Waals surface area contributed by atoms with Gasteiger partial charge in [0.2, 0.25) is 0 Å². The van der Waals surface area contributed by atoms with Crippen LogP contribution in [0.25, 0.3) is 0 Å². The maximum atomic E-state index is 13.7. The minimum atomic E-state index is -3.81. The predicted molar refractivity (Wildman–Crippen MR) is 136 cm³/mol. The number of nitrogens with one attached hydrogen (secondary N) is 2. The highest BCUT2D eigenvalue weighted by atomic mass is 32.2. The van der Waals surface area contributed by atoms with Crippen molar-refractivity contribution in [3.8, 4) is 0 Å². The molecule has 0 unspecified atom stereocenters. The molecule has 3 aromatic carbocycles. The molecule has 0 spiro atoms. The van der Waals surface area contributed by atoms with Crippen molar-refractivity contribution in [1.29, 1.82) is 0 Å². The molecule has 4 rings (SSSR count). The molecule has 8 heteroatoms. The van der Waals surface area contributed by atoms with Gasteiger partial charge in [0.25, 0.3) is 10.0 Å². The van der Waals surface area contributed by atoms with Crippen LogP contribution in [0.15, 0.2) is 65.6 Å². The summed E-state index contributed by atoms with van der Waals surface area (Å²) in [4.78, 5) is 0.172. The number of hydrogen-bond acceptors (Lipinski definition) is 3. The Bertz CT molecular complexity index is 1310. The lowest BCUT2D eigenvalue weighted by Gasteiger charge is -2.36. The lowest BCUT2D eigenvalue weighted by Crippen LogP contribution is -2.42. The number of rotatable bonds is 4. The molecule has 33 heavy (non-hydrogen) atoms. The predicted octanol–water partition coefficient (Wildman–Crippen LogP) is 5.78. The summed E-state index contributed by atoms with van der Waals surface area (Å²) in [6, 6.07) is 16.6. The number of sulfonamides is 1. The topological polar surface area (TPSA) is 61.4 Å². The number of aryl methyl sites for hydroxylation is 3. The van der Waals surface area contributed by atoms with Crippen LogP contribution in [-0.2, 0) is 16.4 Å². The third-order valence-corrected chi connectivity index (χ3v) is 7.97. The van der Waals surface area contributed by atoms with Crippen molar-refractivity contribution in [3.05, 3.63) is 83.2 Å². The zero-order chi connectivity index (χ0) is 23.8. The van der Waals surface area contributed by atoms with Crippen molar-refractivity contribution < 1.29 is 12.8 Å². The van der Waals surface area contributed by atoms with Crippen LogP contribution in [0.3, 0.4) is 0 Å². The third-order valence-electron chi connectivity index (χ3n) is 5.82. The second-order valence-corrected chi connectivity index (χ2v) is 10.6. The molecule has 0 aliphatic carbocycles. The smallest absolute Gasteiger partial charge is 0.264 e. The SMILES string of the molecule is Cc1ccc(C)c(NC(=S)Nc2ccc(S(=O)(=O)N3c4ccc(F)cc4CC[C@@H]3C)cc2)c1. The van der Waals surface area contributed by atoms with Gasteiger partial charge < -0.3 is 10.6 Å². The van der Waals surface area contributed by atoms with Gasteiger partial charge in [-0.3, -0.25) is 4.31 Å². The summed E-state index contributed by atoms with van der Waals surface area (Å²) in [6.07, 6.45) is 1.28. The second-order valence-electron chi connectivity index (χ2n) is 8.38. The first-order valence-electron chi connectivity index (χ1n) is 10.7. The van der Waals surface area contributed by atoms with Gasteiger partial charge in [0, 0.05) is 17.4 Å². The zero-order valence-electron chi connectivity index (χ0n) is 18.7. The largest absolute Gasteiger partial charge is 0.332 e. The van der Waals surface area contributed by atoms with E-state index in [0.717, 1.165) is 16.8 Å². The van der Waals surface area contributed by atoms with Crippen molar-refractivity contribution in [2.75, 3.05) is 14.9 Å². The lowest BCUT2D eigenvalue weighted by molar-refractivity contribution is 0.560. The molecule has 0 bridgehead atoms. The number of anilines is 3. The fourth-order valence-corrected chi connectivity index (χ4v) is 5.98. The first-order chi connectivity index (χ1) is 15.6. The van der Waals surface area contributed by atoms with E-state index in [1.54, 1.807) is 30.3 Å². The van der Waals surface area contributed by atoms with Crippen LogP contribution in [0, 0.1) is 19.7 Å². The molecule has 1 atom stereocenters. The van der Waals surface area contributed by atoms with Crippen molar-refractivity contribution in [3.63, 3.8) is 0 Å². The van der Waals surface area contributed by atoms with Gasteiger partial charge in [-0.05, 0) is 111 Å². The van der Waals surface area contributed by atoms with Crippen LogP contribution < -0.4 is 14.9 Å². The van der Waals surface area contributed by atoms with Gasteiger partial charge in [-0.25, -0.2) is 12.8 Å². The van der Waals surface area contributed by atoms with Crippen molar-refractivity contribution in [2.24, 2.45) is 0 Å². The minimum absolute atomic E-state index is 0.172. The molecule has 0 saturated heterocycles. The fourth-order valence-electron chi connectivity index (χ4n) is 4.03. The van der Waals surface area contributed by atoms with E-state index in [2.05, 4.69) is 10.6 Å². The van der Waals surface area contributed by atoms with Crippen LogP contribution >= 0.6 is 12.2 Å². The van der Waals surface area contributed by atoms with E-state index >= 15 is 0 Å². The number of fused-ring (bicyclic) bond motifs is 1. The molecular weight excluding hydrogens is 457 g/mol. The number of halogens is 1. The Labute approximate surface area is 199 Å². The monoisotopic (exact) mass is 483 g/mol. The highest BCUT2D eigenvalue weighted by molar-refractivity contribution is 7.92. The first-order valence-corrected chi connectivity index (χ1v) is 12.6. The summed E-state index contributed by atoms with van der Waals surface area (Å²) in [5.41, 5.74) is 5.03. The Hall–Kier alpha value is -2.97. The average molecular weight is 484 g/mol. The molecule has 0 fully saturated rings. The van der Waals surface area contributed by atoms with E-state index in [-0.39, 0.29) is 16.8 Å². The van der Waals surface area contributed by atoms with Crippen molar-refractivity contribution in [2.45, 2.75) is 44.6 Å². The molecular formula is C25H26FN3O2S2. The number of benzene rings is 3. The third kappa shape index (κ3) is 4.86. The minimum Gasteiger partial charge on any atom is -0.332 e. The average Bonchev–Trinajstić information content (AvgIpc) is 2.76. The Morgan fingerprint density at radius 1 is 1.03 bits per heavy atom. The van der Waals surface area contributed by atoms with Crippen molar-refractivity contribution in [1.82, 2.24) is 0 Å². The molecule has 0 aromatic heterocycles. The van der Waals surface area contributed by atoms with Gasteiger partial charge >= 0.3 is 0 Å². The van der Waals surface area contributed by atoms with Crippen molar-refractivity contribution >= 4 is 44.4 Å². The Morgan fingerprint density at radius 2 is 1.76 bits per heavy atom. The standard InChI is InChI=1S/C25H26FN3O2S2/c1-16-4-5-17(2)23(14-16)28-25(32)27-21-9-11-22(12-10-21)33(30,31)29-18(3)6-7-19-15-20(26)8-13-24(19)29/h4-5,8-15,18H,6-7H2,1-3H3,(H2,27,28,32)/t18-/m0/s1. The van der Waals surface area contributed by atoms with Crippen LogP contribution in [0.1, 0.15) is 30.0 Å². The molecule has 1 aliphatic heterocycles. The van der Waals surface area contributed by atoms with Gasteiger partial charge in [-0.1, -0.05) is 12.1 Å². The summed E-state index contributed by atoms with van der Waals surface area (Å²) in [5.74, 6) is -0.360. The normalized spacial score (nSPS) is 15.6. The molecule has 0 saturated carbocycles. The van der Waals surface area contributed by atoms with Gasteiger partial charge in [0.1, 0.15) is 5.82 Å². The molecule has 172 valence electrons. The highest BCUT2D eigenvalue weighted by Crippen LogP contribution is 2.36. The molecule has 3 aromatic rings. The number of nitrogens with zero attached hydrogens (tertiary/aromatic N) is 1. The Morgan fingerprint density at radius 3 is 2.48 bits per heavy atom. The number of thiocarbonyl (C=S) groups is 1. The summed E-state index contributed by atoms with van der Waals surface area (Å²) in [7, 11) is -3.81. The molecule has 0 amide bonds. The van der Waals surface area contributed by atoms with Crippen LogP contribution in [0.4, 0.5) is 21.5 Å². The molecule has 1 aliphatic rings.